The Morgan fingerprint density at radius 3 is 2.71 bits per heavy atom. The van der Waals surface area contributed by atoms with E-state index in [4.69, 9.17) is 0 Å². The number of amides is 1. The highest BCUT2D eigenvalue weighted by molar-refractivity contribution is 5.87. The minimum absolute atomic E-state index is 0.00917. The zero-order valence-corrected chi connectivity index (χ0v) is 14.5. The first-order valence-corrected chi connectivity index (χ1v) is 8.93. The van der Waals surface area contributed by atoms with Crippen LogP contribution in [0.25, 0.3) is 11.0 Å². The Kier molecular flexibility index (Phi) is 5.27. The van der Waals surface area contributed by atoms with Crippen LogP contribution in [0, 0.1) is 0 Å². The molecule has 1 aliphatic carbocycles. The fraction of sp³-hybridized carbons (Fsp3) is 0.647. The van der Waals surface area contributed by atoms with Gasteiger partial charge >= 0.3 is 0 Å². The molecular weight excluding hydrogens is 304 g/mol. The van der Waals surface area contributed by atoms with Gasteiger partial charge in [0.05, 0.1) is 11.6 Å². The Morgan fingerprint density at radius 2 is 2.00 bits per heavy atom. The van der Waals surface area contributed by atoms with E-state index in [0.29, 0.717) is 11.7 Å². The van der Waals surface area contributed by atoms with Crippen LogP contribution in [0.2, 0.25) is 0 Å². The first-order chi connectivity index (χ1) is 11.7. The predicted molar refractivity (Wildman–Crippen MR) is 93.9 cm³/mol. The van der Waals surface area contributed by atoms with Crippen molar-refractivity contribution in [1.29, 1.82) is 0 Å². The van der Waals surface area contributed by atoms with Crippen molar-refractivity contribution in [3.05, 3.63) is 12.5 Å². The molecule has 7 heteroatoms. The molecule has 3 rings (SSSR count). The number of hydrogen-bond acceptors (Lipinski definition) is 5. The molecule has 0 aromatic carbocycles. The van der Waals surface area contributed by atoms with Gasteiger partial charge in [0.2, 0.25) is 5.91 Å². The molecule has 0 atom stereocenters. The molecule has 7 nitrogen and oxygen atoms in total. The molecule has 2 aromatic heterocycles. The van der Waals surface area contributed by atoms with E-state index in [2.05, 4.69) is 39.1 Å². The number of carbonyl (C=O) groups is 1. The summed E-state index contributed by atoms with van der Waals surface area (Å²) in [4.78, 5) is 23.2. The second kappa shape index (κ2) is 7.59. The Bertz CT molecular complexity index is 687. The number of carbonyl (C=O) groups excluding carboxylic acids is 1. The van der Waals surface area contributed by atoms with Crippen molar-refractivity contribution in [1.82, 2.24) is 25.1 Å². The second-order valence-corrected chi connectivity index (χ2v) is 6.31. The molecule has 2 aromatic rings. The molecule has 1 fully saturated rings. The van der Waals surface area contributed by atoms with Gasteiger partial charge in [0.25, 0.3) is 0 Å². The van der Waals surface area contributed by atoms with E-state index in [0.717, 1.165) is 37.1 Å². The maximum absolute atomic E-state index is 12.3. The van der Waals surface area contributed by atoms with Crippen molar-refractivity contribution in [2.75, 3.05) is 18.0 Å². The Labute approximate surface area is 142 Å². The number of nitrogens with one attached hydrogen (secondary N) is 1. The van der Waals surface area contributed by atoms with Crippen LogP contribution in [0.3, 0.4) is 0 Å². The van der Waals surface area contributed by atoms with Gasteiger partial charge in [0.1, 0.15) is 18.7 Å². The lowest BCUT2D eigenvalue weighted by Crippen LogP contribution is -2.38. The maximum atomic E-state index is 12.3. The van der Waals surface area contributed by atoms with E-state index >= 15 is 0 Å². The third kappa shape index (κ3) is 3.49. The summed E-state index contributed by atoms with van der Waals surface area (Å²) in [6.45, 7) is 6.14. The third-order valence-electron chi connectivity index (χ3n) is 4.74. The van der Waals surface area contributed by atoms with Gasteiger partial charge < -0.3 is 10.2 Å². The number of fused-ring (bicyclic) bond motifs is 1. The van der Waals surface area contributed by atoms with Gasteiger partial charge in [-0.1, -0.05) is 19.3 Å². The summed E-state index contributed by atoms with van der Waals surface area (Å²) < 4.78 is 1.67. The highest BCUT2D eigenvalue weighted by atomic mass is 16.2. The topological polar surface area (TPSA) is 75.9 Å². The smallest absolute Gasteiger partial charge is 0.242 e. The monoisotopic (exact) mass is 330 g/mol. The van der Waals surface area contributed by atoms with Crippen molar-refractivity contribution in [3.8, 4) is 0 Å². The molecule has 1 aliphatic rings. The molecule has 0 aliphatic heterocycles. The number of anilines is 1. The molecule has 2 heterocycles. The summed E-state index contributed by atoms with van der Waals surface area (Å²) in [7, 11) is 0. The minimum Gasteiger partial charge on any atom is -0.356 e. The summed E-state index contributed by atoms with van der Waals surface area (Å²) in [5, 5.41) is 8.39. The largest absolute Gasteiger partial charge is 0.356 e. The molecule has 0 radical (unpaired) electrons. The Hall–Kier alpha value is -2.18. The van der Waals surface area contributed by atoms with E-state index in [-0.39, 0.29) is 12.5 Å². The second-order valence-electron chi connectivity index (χ2n) is 6.31. The number of aromatic nitrogens is 4. The fourth-order valence-corrected chi connectivity index (χ4v) is 3.43. The van der Waals surface area contributed by atoms with Crippen LogP contribution in [0.4, 0.5) is 5.82 Å². The number of rotatable bonds is 6. The van der Waals surface area contributed by atoms with Crippen LogP contribution in [-0.4, -0.2) is 44.8 Å². The van der Waals surface area contributed by atoms with Crippen molar-refractivity contribution < 1.29 is 4.79 Å². The summed E-state index contributed by atoms with van der Waals surface area (Å²) >= 11 is 0. The molecular formula is C17H26N6O. The summed E-state index contributed by atoms with van der Waals surface area (Å²) in [6, 6.07) is 0.314. The van der Waals surface area contributed by atoms with E-state index in [9.17, 15) is 4.79 Å². The highest BCUT2D eigenvalue weighted by Gasteiger charge is 2.18. The first-order valence-electron chi connectivity index (χ1n) is 8.93. The molecule has 0 saturated heterocycles. The van der Waals surface area contributed by atoms with Gasteiger partial charge in [-0.3, -0.25) is 4.79 Å². The van der Waals surface area contributed by atoms with Gasteiger partial charge in [-0.05, 0) is 26.7 Å². The fourth-order valence-electron chi connectivity index (χ4n) is 3.43. The number of nitrogens with zero attached hydrogens (tertiary/aromatic N) is 5. The predicted octanol–water partition coefficient (Wildman–Crippen LogP) is 2.12. The highest BCUT2D eigenvalue weighted by Crippen LogP contribution is 2.22. The zero-order chi connectivity index (χ0) is 16.9. The number of hydrogen-bond donors (Lipinski definition) is 1. The molecule has 130 valence electrons. The summed E-state index contributed by atoms with van der Waals surface area (Å²) in [6.07, 6.45) is 9.16. The first kappa shape index (κ1) is 16.7. The van der Waals surface area contributed by atoms with E-state index in [1.54, 1.807) is 17.2 Å². The molecule has 1 saturated carbocycles. The van der Waals surface area contributed by atoms with Gasteiger partial charge in [0.15, 0.2) is 5.65 Å². The van der Waals surface area contributed by atoms with Crippen molar-refractivity contribution >= 4 is 22.8 Å². The Morgan fingerprint density at radius 1 is 1.25 bits per heavy atom. The molecule has 0 spiro atoms. The molecule has 1 N–H and O–H groups in total. The lowest BCUT2D eigenvalue weighted by atomic mass is 9.95. The maximum Gasteiger partial charge on any atom is 0.242 e. The van der Waals surface area contributed by atoms with Crippen LogP contribution < -0.4 is 10.2 Å². The molecule has 1 amide bonds. The van der Waals surface area contributed by atoms with Crippen LogP contribution in [0.1, 0.15) is 46.0 Å². The third-order valence-corrected chi connectivity index (χ3v) is 4.74. The van der Waals surface area contributed by atoms with Crippen LogP contribution in [0.15, 0.2) is 12.5 Å². The van der Waals surface area contributed by atoms with Crippen LogP contribution in [-0.2, 0) is 11.3 Å². The average Bonchev–Trinajstić information content (AvgIpc) is 3.00. The lowest BCUT2D eigenvalue weighted by Gasteiger charge is -2.22. The van der Waals surface area contributed by atoms with Gasteiger partial charge in [-0.2, -0.15) is 5.10 Å². The Balaban J connectivity index is 1.75. The SMILES string of the molecule is CCN(CC)c1ncnc2c1cnn2CC(=O)NC1CCCCC1. The van der Waals surface area contributed by atoms with E-state index in [1.165, 1.54) is 19.3 Å². The zero-order valence-electron chi connectivity index (χ0n) is 14.5. The summed E-state index contributed by atoms with van der Waals surface area (Å²) in [5.41, 5.74) is 0.714. The van der Waals surface area contributed by atoms with Crippen LogP contribution >= 0.6 is 0 Å². The van der Waals surface area contributed by atoms with E-state index in [1.807, 2.05) is 0 Å². The van der Waals surface area contributed by atoms with E-state index < -0.39 is 0 Å². The van der Waals surface area contributed by atoms with Gasteiger partial charge in [-0.25, -0.2) is 14.6 Å². The normalized spacial score (nSPS) is 15.6. The van der Waals surface area contributed by atoms with Crippen molar-refractivity contribution in [3.63, 3.8) is 0 Å². The minimum atomic E-state index is 0.00917. The average molecular weight is 330 g/mol. The van der Waals surface area contributed by atoms with Gasteiger partial charge in [-0.15, -0.1) is 0 Å². The van der Waals surface area contributed by atoms with Crippen molar-refractivity contribution in [2.24, 2.45) is 0 Å². The van der Waals surface area contributed by atoms with Crippen LogP contribution in [0.5, 0.6) is 0 Å². The van der Waals surface area contributed by atoms with Gasteiger partial charge in [0, 0.05) is 19.1 Å². The van der Waals surface area contributed by atoms with Crippen molar-refractivity contribution in [2.45, 2.75) is 58.5 Å². The molecule has 24 heavy (non-hydrogen) atoms. The molecule has 0 bridgehead atoms. The molecule has 0 unspecified atom stereocenters. The lowest BCUT2D eigenvalue weighted by molar-refractivity contribution is -0.122. The standard InChI is InChI=1S/C17H26N6O/c1-3-22(4-2)16-14-10-20-23(17(14)19-12-18-16)11-15(24)21-13-8-6-5-7-9-13/h10,12-13H,3-9,11H2,1-2H3,(H,21,24). The quantitative estimate of drug-likeness (QED) is 0.878. The summed E-state index contributed by atoms with van der Waals surface area (Å²) in [5.74, 6) is 0.888.